The maximum Gasteiger partial charge on any atom is 0.122 e. The Kier molecular flexibility index (Phi) is 5.24. The predicted molar refractivity (Wildman–Crippen MR) is 82.7 cm³/mol. The van der Waals surface area contributed by atoms with Crippen molar-refractivity contribution in [2.24, 2.45) is 5.73 Å². The van der Waals surface area contributed by atoms with Gasteiger partial charge in [0.05, 0.1) is 6.04 Å². The Morgan fingerprint density at radius 1 is 1.40 bits per heavy atom. The minimum absolute atomic E-state index is 0.117. The van der Waals surface area contributed by atoms with Crippen molar-refractivity contribution in [3.8, 4) is 0 Å². The molecule has 114 valence electrons. The first-order chi connectivity index (χ1) is 9.52. The molecule has 0 spiro atoms. The second kappa shape index (κ2) is 6.74. The minimum atomic E-state index is 0.117. The summed E-state index contributed by atoms with van der Waals surface area (Å²) < 4.78 is 5.90. The molecular weight excluding hydrogens is 250 g/mol. The first kappa shape index (κ1) is 15.5. The van der Waals surface area contributed by atoms with Crippen LogP contribution in [-0.2, 0) is 0 Å². The first-order valence-electron chi connectivity index (χ1n) is 7.79. The van der Waals surface area contributed by atoms with E-state index in [9.17, 15) is 0 Å². The van der Waals surface area contributed by atoms with E-state index in [-0.39, 0.29) is 12.1 Å². The molecule has 2 rings (SSSR count). The molecule has 1 aliphatic rings. The van der Waals surface area contributed by atoms with Crippen LogP contribution in [0.3, 0.4) is 0 Å². The molecule has 4 nitrogen and oxygen atoms in total. The number of hydrogen-bond donors (Lipinski definition) is 1. The Labute approximate surface area is 122 Å². The molecule has 1 aliphatic heterocycles. The van der Waals surface area contributed by atoms with Gasteiger partial charge in [-0.25, -0.2) is 0 Å². The topological polar surface area (TPSA) is 45.6 Å². The third-order valence-electron chi connectivity index (χ3n) is 4.39. The lowest BCUT2D eigenvalue weighted by Crippen LogP contribution is -2.46. The smallest absolute Gasteiger partial charge is 0.122 e. The number of likely N-dealkylation sites (N-methyl/N-ethyl adjacent to an activating group) is 1. The molecule has 2 heterocycles. The van der Waals surface area contributed by atoms with Gasteiger partial charge in [-0.1, -0.05) is 6.92 Å². The average molecular weight is 279 g/mol. The van der Waals surface area contributed by atoms with Crippen molar-refractivity contribution in [3.63, 3.8) is 0 Å². The molecule has 3 unspecified atom stereocenters. The molecule has 0 saturated carbocycles. The monoisotopic (exact) mass is 279 g/mol. The van der Waals surface area contributed by atoms with Gasteiger partial charge in [0.25, 0.3) is 0 Å². The van der Waals surface area contributed by atoms with E-state index in [2.05, 4.69) is 36.8 Å². The number of aryl methyl sites for hydroxylation is 1. The zero-order valence-electron chi connectivity index (χ0n) is 13.3. The van der Waals surface area contributed by atoms with Crippen LogP contribution in [0.4, 0.5) is 0 Å². The van der Waals surface area contributed by atoms with Gasteiger partial charge in [-0.05, 0) is 52.4 Å². The summed E-state index contributed by atoms with van der Waals surface area (Å²) >= 11 is 0. The molecule has 3 atom stereocenters. The van der Waals surface area contributed by atoms with Gasteiger partial charge in [0.15, 0.2) is 0 Å². The lowest BCUT2D eigenvalue weighted by atomic mass is 10.00. The standard InChI is InChI=1S/C16H29N3O/c1-5-14(17)16(15-8-7-13(3)20-15)19-10-6-9-18(4)11-12(19)2/h7-8,12,14,16H,5-6,9-11,17H2,1-4H3. The van der Waals surface area contributed by atoms with E-state index < -0.39 is 0 Å². The molecule has 4 heteroatoms. The summed E-state index contributed by atoms with van der Waals surface area (Å²) in [5.41, 5.74) is 6.42. The number of nitrogens with two attached hydrogens (primary N) is 1. The highest BCUT2D eigenvalue weighted by atomic mass is 16.3. The molecule has 0 radical (unpaired) electrons. The predicted octanol–water partition coefficient (Wildman–Crippen LogP) is 2.39. The van der Waals surface area contributed by atoms with Gasteiger partial charge in [-0.3, -0.25) is 4.90 Å². The summed E-state index contributed by atoms with van der Waals surface area (Å²) in [6, 6.07) is 4.94. The fraction of sp³-hybridized carbons (Fsp3) is 0.750. The van der Waals surface area contributed by atoms with Crippen LogP contribution in [0, 0.1) is 6.92 Å². The lowest BCUT2D eigenvalue weighted by Gasteiger charge is -2.37. The summed E-state index contributed by atoms with van der Waals surface area (Å²) in [6.07, 6.45) is 2.15. The van der Waals surface area contributed by atoms with Crippen LogP contribution in [-0.4, -0.2) is 48.6 Å². The van der Waals surface area contributed by atoms with Crippen LogP contribution in [0.5, 0.6) is 0 Å². The molecule has 1 fully saturated rings. The van der Waals surface area contributed by atoms with Crippen LogP contribution in [0.2, 0.25) is 0 Å². The number of hydrogen-bond acceptors (Lipinski definition) is 4. The van der Waals surface area contributed by atoms with Gasteiger partial charge in [-0.2, -0.15) is 0 Å². The van der Waals surface area contributed by atoms with Crippen molar-refractivity contribution in [2.75, 3.05) is 26.7 Å². The van der Waals surface area contributed by atoms with Crippen LogP contribution >= 0.6 is 0 Å². The Bertz CT molecular complexity index is 418. The summed E-state index contributed by atoms with van der Waals surface area (Å²) in [6.45, 7) is 9.79. The largest absolute Gasteiger partial charge is 0.465 e. The number of nitrogens with zero attached hydrogens (tertiary/aromatic N) is 2. The number of rotatable bonds is 4. The fourth-order valence-corrected chi connectivity index (χ4v) is 3.26. The molecule has 1 saturated heterocycles. The summed E-state index contributed by atoms with van der Waals surface area (Å²) in [4.78, 5) is 4.95. The van der Waals surface area contributed by atoms with E-state index >= 15 is 0 Å². The molecule has 1 aromatic heterocycles. The van der Waals surface area contributed by atoms with Crippen LogP contribution in [0.25, 0.3) is 0 Å². The summed E-state index contributed by atoms with van der Waals surface area (Å²) in [5, 5.41) is 0. The average Bonchev–Trinajstić information content (AvgIpc) is 2.75. The first-order valence-corrected chi connectivity index (χ1v) is 7.79. The van der Waals surface area contributed by atoms with E-state index in [0.29, 0.717) is 6.04 Å². The van der Waals surface area contributed by atoms with E-state index in [0.717, 1.165) is 37.6 Å². The van der Waals surface area contributed by atoms with Crippen LogP contribution < -0.4 is 5.73 Å². The van der Waals surface area contributed by atoms with Gasteiger partial charge in [0, 0.05) is 25.2 Å². The molecule has 1 aromatic rings. The van der Waals surface area contributed by atoms with E-state index in [1.807, 2.05) is 13.0 Å². The van der Waals surface area contributed by atoms with Gasteiger partial charge >= 0.3 is 0 Å². The Morgan fingerprint density at radius 2 is 2.15 bits per heavy atom. The van der Waals surface area contributed by atoms with Crippen molar-refractivity contribution in [1.82, 2.24) is 9.80 Å². The SMILES string of the molecule is CCC(N)C(c1ccc(C)o1)N1CCCN(C)CC1C. The van der Waals surface area contributed by atoms with Crippen molar-refractivity contribution < 1.29 is 4.42 Å². The third-order valence-corrected chi connectivity index (χ3v) is 4.39. The normalized spacial score (nSPS) is 25.4. The highest BCUT2D eigenvalue weighted by Crippen LogP contribution is 2.30. The quantitative estimate of drug-likeness (QED) is 0.919. The molecule has 0 amide bonds. The molecule has 0 aliphatic carbocycles. The molecule has 2 N–H and O–H groups in total. The Balaban J connectivity index is 2.25. The zero-order valence-corrected chi connectivity index (χ0v) is 13.3. The van der Waals surface area contributed by atoms with Crippen molar-refractivity contribution in [1.29, 1.82) is 0 Å². The number of furan rings is 1. The highest BCUT2D eigenvalue weighted by Gasteiger charge is 2.32. The van der Waals surface area contributed by atoms with Crippen LogP contribution in [0.1, 0.15) is 44.3 Å². The van der Waals surface area contributed by atoms with E-state index in [4.69, 9.17) is 10.2 Å². The van der Waals surface area contributed by atoms with Crippen molar-refractivity contribution >= 4 is 0 Å². The molecule has 0 aromatic carbocycles. The molecule has 20 heavy (non-hydrogen) atoms. The van der Waals surface area contributed by atoms with Crippen molar-refractivity contribution in [2.45, 2.75) is 51.7 Å². The lowest BCUT2D eigenvalue weighted by molar-refractivity contribution is 0.105. The maximum atomic E-state index is 6.42. The third kappa shape index (κ3) is 3.43. The molecular formula is C16H29N3O. The highest BCUT2D eigenvalue weighted by molar-refractivity contribution is 5.13. The van der Waals surface area contributed by atoms with Gasteiger partial charge in [0.2, 0.25) is 0 Å². The summed E-state index contributed by atoms with van der Waals surface area (Å²) in [5.74, 6) is 1.99. The van der Waals surface area contributed by atoms with Gasteiger partial charge in [-0.15, -0.1) is 0 Å². The maximum absolute atomic E-state index is 6.42. The fourth-order valence-electron chi connectivity index (χ4n) is 3.26. The molecule has 0 bridgehead atoms. The minimum Gasteiger partial charge on any atom is -0.465 e. The second-order valence-electron chi connectivity index (χ2n) is 6.17. The van der Waals surface area contributed by atoms with Gasteiger partial charge < -0.3 is 15.1 Å². The van der Waals surface area contributed by atoms with Crippen molar-refractivity contribution in [3.05, 3.63) is 23.7 Å². The van der Waals surface area contributed by atoms with Crippen LogP contribution in [0.15, 0.2) is 16.5 Å². The van der Waals surface area contributed by atoms with E-state index in [1.54, 1.807) is 0 Å². The Hall–Kier alpha value is -0.840. The summed E-state index contributed by atoms with van der Waals surface area (Å²) in [7, 11) is 2.20. The van der Waals surface area contributed by atoms with Gasteiger partial charge in [0.1, 0.15) is 11.5 Å². The second-order valence-corrected chi connectivity index (χ2v) is 6.17. The van der Waals surface area contributed by atoms with E-state index in [1.165, 1.54) is 6.42 Å². The Morgan fingerprint density at radius 3 is 2.75 bits per heavy atom. The zero-order chi connectivity index (χ0) is 14.7.